The fourth-order valence-electron chi connectivity index (χ4n) is 2.46. The van der Waals surface area contributed by atoms with Gasteiger partial charge in [0.1, 0.15) is 11.9 Å². The second-order valence-corrected chi connectivity index (χ2v) is 4.51. The predicted octanol–water partition coefficient (Wildman–Crippen LogP) is 3.15. The predicted molar refractivity (Wildman–Crippen MR) is 71.3 cm³/mol. The third kappa shape index (κ3) is 2.08. The van der Waals surface area contributed by atoms with Gasteiger partial charge in [0.25, 0.3) is 0 Å². The Morgan fingerprint density at radius 3 is 2.63 bits per heavy atom. The number of carbonyl (C=O) groups is 1. The van der Waals surface area contributed by atoms with Gasteiger partial charge >= 0.3 is 5.97 Å². The number of hydrogen-bond acceptors (Lipinski definition) is 3. The van der Waals surface area contributed by atoms with Crippen molar-refractivity contribution in [2.45, 2.75) is 12.5 Å². The second-order valence-electron chi connectivity index (χ2n) is 4.51. The lowest BCUT2D eigenvalue weighted by Crippen LogP contribution is -2.03. The normalized spacial score (nSPS) is 16.9. The molecule has 19 heavy (non-hydrogen) atoms. The molecule has 0 amide bonds. The lowest BCUT2D eigenvalue weighted by Gasteiger charge is -2.13. The zero-order valence-corrected chi connectivity index (χ0v) is 10.6. The SMILES string of the molecule is COc1cccc2c1C(Cc1ccccc1)OC2=O. The molecule has 2 aromatic carbocycles. The molecule has 96 valence electrons. The average molecular weight is 254 g/mol. The molecule has 0 aliphatic carbocycles. The van der Waals surface area contributed by atoms with E-state index >= 15 is 0 Å². The Kier molecular flexibility index (Phi) is 2.95. The summed E-state index contributed by atoms with van der Waals surface area (Å²) in [5.41, 5.74) is 2.61. The van der Waals surface area contributed by atoms with E-state index in [1.54, 1.807) is 13.2 Å². The van der Waals surface area contributed by atoms with Crippen LogP contribution in [0.1, 0.15) is 27.6 Å². The van der Waals surface area contributed by atoms with E-state index in [2.05, 4.69) is 0 Å². The standard InChI is InChI=1S/C16H14O3/c1-18-13-9-5-8-12-15(13)14(19-16(12)17)10-11-6-3-2-4-7-11/h2-9,14H,10H2,1H3. The van der Waals surface area contributed by atoms with Gasteiger partial charge in [0, 0.05) is 12.0 Å². The minimum Gasteiger partial charge on any atom is -0.496 e. The van der Waals surface area contributed by atoms with Crippen LogP contribution in [0.5, 0.6) is 5.75 Å². The van der Waals surface area contributed by atoms with Gasteiger partial charge in [-0.1, -0.05) is 36.4 Å². The van der Waals surface area contributed by atoms with Gasteiger partial charge in [0.05, 0.1) is 12.7 Å². The van der Waals surface area contributed by atoms with Gasteiger partial charge in [-0.3, -0.25) is 0 Å². The molecule has 3 heteroatoms. The van der Waals surface area contributed by atoms with Crippen LogP contribution in [-0.2, 0) is 11.2 Å². The van der Waals surface area contributed by atoms with E-state index in [0.29, 0.717) is 17.7 Å². The van der Waals surface area contributed by atoms with E-state index in [-0.39, 0.29) is 12.1 Å². The Morgan fingerprint density at radius 2 is 1.89 bits per heavy atom. The first-order valence-electron chi connectivity index (χ1n) is 6.21. The summed E-state index contributed by atoms with van der Waals surface area (Å²) in [5.74, 6) is 0.444. The van der Waals surface area contributed by atoms with Crippen LogP contribution in [0, 0.1) is 0 Å². The van der Waals surface area contributed by atoms with Crippen LogP contribution in [0.2, 0.25) is 0 Å². The van der Waals surface area contributed by atoms with Crippen molar-refractivity contribution in [3.8, 4) is 5.75 Å². The summed E-state index contributed by atoms with van der Waals surface area (Å²) in [6, 6.07) is 15.4. The lowest BCUT2D eigenvalue weighted by atomic mass is 9.98. The Hall–Kier alpha value is -2.29. The van der Waals surface area contributed by atoms with Gasteiger partial charge in [-0.25, -0.2) is 4.79 Å². The highest BCUT2D eigenvalue weighted by Crippen LogP contribution is 2.39. The Balaban J connectivity index is 1.97. The topological polar surface area (TPSA) is 35.5 Å². The molecule has 2 aromatic rings. The highest BCUT2D eigenvalue weighted by molar-refractivity contribution is 5.95. The number of hydrogen-bond donors (Lipinski definition) is 0. The third-order valence-corrected chi connectivity index (χ3v) is 3.34. The summed E-state index contributed by atoms with van der Waals surface area (Å²) in [4.78, 5) is 11.9. The van der Waals surface area contributed by atoms with Crippen molar-refractivity contribution in [3.05, 3.63) is 65.2 Å². The number of rotatable bonds is 3. The van der Waals surface area contributed by atoms with E-state index in [1.807, 2.05) is 42.5 Å². The summed E-state index contributed by atoms with van der Waals surface area (Å²) >= 11 is 0. The number of carbonyl (C=O) groups excluding carboxylic acids is 1. The monoisotopic (exact) mass is 254 g/mol. The summed E-state index contributed by atoms with van der Waals surface area (Å²) in [6.07, 6.45) is 0.404. The number of cyclic esters (lactones) is 1. The number of esters is 1. The maximum atomic E-state index is 11.9. The van der Waals surface area contributed by atoms with Gasteiger partial charge in [0.2, 0.25) is 0 Å². The number of methoxy groups -OCH3 is 1. The van der Waals surface area contributed by atoms with Crippen molar-refractivity contribution < 1.29 is 14.3 Å². The highest BCUT2D eigenvalue weighted by atomic mass is 16.6. The Bertz CT molecular complexity index is 605. The molecule has 0 spiro atoms. The average Bonchev–Trinajstić information content (AvgIpc) is 2.77. The molecule has 1 heterocycles. The molecule has 1 unspecified atom stereocenters. The molecule has 0 saturated carbocycles. The molecule has 1 atom stereocenters. The van der Waals surface area contributed by atoms with Gasteiger partial charge < -0.3 is 9.47 Å². The van der Waals surface area contributed by atoms with E-state index in [4.69, 9.17) is 9.47 Å². The van der Waals surface area contributed by atoms with Gasteiger partial charge in [-0.15, -0.1) is 0 Å². The number of fused-ring (bicyclic) bond motifs is 1. The van der Waals surface area contributed by atoms with E-state index in [0.717, 1.165) is 11.1 Å². The van der Waals surface area contributed by atoms with Crippen molar-refractivity contribution >= 4 is 5.97 Å². The highest BCUT2D eigenvalue weighted by Gasteiger charge is 2.33. The zero-order valence-electron chi connectivity index (χ0n) is 10.6. The smallest absolute Gasteiger partial charge is 0.339 e. The zero-order chi connectivity index (χ0) is 13.2. The second kappa shape index (κ2) is 4.76. The van der Waals surface area contributed by atoms with Crippen LogP contribution >= 0.6 is 0 Å². The maximum Gasteiger partial charge on any atom is 0.339 e. The first kappa shape index (κ1) is 11.8. The molecule has 0 aromatic heterocycles. The van der Waals surface area contributed by atoms with Crippen molar-refractivity contribution in [1.82, 2.24) is 0 Å². The molecule has 0 fully saturated rings. The van der Waals surface area contributed by atoms with E-state index in [1.165, 1.54) is 0 Å². The summed E-state index contributed by atoms with van der Waals surface area (Å²) in [7, 11) is 1.61. The van der Waals surface area contributed by atoms with Crippen LogP contribution in [-0.4, -0.2) is 13.1 Å². The van der Waals surface area contributed by atoms with Crippen LogP contribution in [0.4, 0.5) is 0 Å². The molecule has 1 aliphatic rings. The van der Waals surface area contributed by atoms with Crippen molar-refractivity contribution in [2.75, 3.05) is 7.11 Å². The van der Waals surface area contributed by atoms with E-state index in [9.17, 15) is 4.79 Å². The third-order valence-electron chi connectivity index (χ3n) is 3.34. The largest absolute Gasteiger partial charge is 0.496 e. The minimum absolute atomic E-state index is 0.263. The summed E-state index contributed by atoms with van der Waals surface area (Å²) in [6.45, 7) is 0. The molecule has 0 N–H and O–H groups in total. The molecule has 1 aliphatic heterocycles. The van der Waals surface area contributed by atoms with Gasteiger partial charge in [0.15, 0.2) is 0 Å². The molecule has 0 bridgehead atoms. The number of benzene rings is 2. The van der Waals surface area contributed by atoms with Crippen molar-refractivity contribution in [3.63, 3.8) is 0 Å². The van der Waals surface area contributed by atoms with E-state index < -0.39 is 0 Å². The quantitative estimate of drug-likeness (QED) is 0.789. The van der Waals surface area contributed by atoms with Gasteiger partial charge in [-0.05, 0) is 17.7 Å². The van der Waals surface area contributed by atoms with Crippen molar-refractivity contribution in [1.29, 1.82) is 0 Å². The number of ether oxygens (including phenoxy) is 2. The molecular formula is C16H14O3. The fraction of sp³-hybridized carbons (Fsp3) is 0.188. The van der Waals surface area contributed by atoms with Gasteiger partial charge in [-0.2, -0.15) is 0 Å². The minimum atomic E-state index is -0.269. The van der Waals surface area contributed by atoms with Crippen LogP contribution in [0.3, 0.4) is 0 Å². The Labute approximate surface area is 111 Å². The molecule has 3 rings (SSSR count). The van der Waals surface area contributed by atoms with Crippen molar-refractivity contribution in [2.24, 2.45) is 0 Å². The molecule has 0 saturated heterocycles. The first-order chi connectivity index (χ1) is 9.29. The summed E-state index contributed by atoms with van der Waals surface area (Å²) < 4.78 is 10.8. The Morgan fingerprint density at radius 1 is 1.11 bits per heavy atom. The molecular weight excluding hydrogens is 240 g/mol. The van der Waals surface area contributed by atoms with Crippen LogP contribution < -0.4 is 4.74 Å². The van der Waals surface area contributed by atoms with Crippen LogP contribution in [0.25, 0.3) is 0 Å². The first-order valence-corrected chi connectivity index (χ1v) is 6.21. The van der Waals surface area contributed by atoms with Crippen LogP contribution in [0.15, 0.2) is 48.5 Å². The fourth-order valence-corrected chi connectivity index (χ4v) is 2.46. The summed E-state index contributed by atoms with van der Waals surface area (Å²) in [5, 5.41) is 0. The maximum absolute atomic E-state index is 11.9. The molecule has 3 nitrogen and oxygen atoms in total. The molecule has 0 radical (unpaired) electrons. The lowest BCUT2D eigenvalue weighted by molar-refractivity contribution is 0.0385.